The van der Waals surface area contributed by atoms with E-state index in [-0.39, 0.29) is 11.3 Å². The highest BCUT2D eigenvalue weighted by Crippen LogP contribution is 2.30. The molecule has 5 nitrogen and oxygen atoms in total. The summed E-state index contributed by atoms with van der Waals surface area (Å²) < 4.78 is 0. The molecule has 0 saturated carbocycles. The average Bonchev–Trinajstić information content (AvgIpc) is 2.62. The molecule has 3 rings (SSSR count). The summed E-state index contributed by atoms with van der Waals surface area (Å²) in [5.41, 5.74) is 0.895. The lowest BCUT2D eigenvalue weighted by molar-refractivity contribution is -0.112. The Balaban J connectivity index is 1.84. The number of anilines is 2. The van der Waals surface area contributed by atoms with Crippen molar-refractivity contribution in [3.63, 3.8) is 0 Å². The molecule has 0 aliphatic heterocycles. The number of rotatable bonds is 4. The molecule has 3 N–H and O–H groups in total. The third kappa shape index (κ3) is 4.32. The van der Waals surface area contributed by atoms with Crippen LogP contribution in [0.15, 0.2) is 66.4 Å². The Morgan fingerprint density at radius 1 is 1.04 bits per heavy atom. The molecule has 0 aliphatic rings. The van der Waals surface area contributed by atoms with Crippen molar-refractivity contribution in [3.8, 4) is 11.8 Å². The first kappa shape index (κ1) is 18.6. The molecular weight excluding hydrogens is 385 g/mol. The minimum absolute atomic E-state index is 0.110. The lowest BCUT2D eigenvalue weighted by Crippen LogP contribution is -2.14. The number of benzene rings is 3. The third-order valence-electron chi connectivity index (χ3n) is 3.76. The van der Waals surface area contributed by atoms with Gasteiger partial charge in [-0.2, -0.15) is 5.26 Å². The molecule has 0 heterocycles. The van der Waals surface area contributed by atoms with E-state index >= 15 is 0 Å². The highest BCUT2D eigenvalue weighted by Gasteiger charge is 2.12. The van der Waals surface area contributed by atoms with Crippen LogP contribution in [0.25, 0.3) is 10.8 Å². The summed E-state index contributed by atoms with van der Waals surface area (Å²) in [4.78, 5) is 12.5. The van der Waals surface area contributed by atoms with Gasteiger partial charge in [-0.3, -0.25) is 4.79 Å². The molecule has 1 amide bonds. The fraction of sp³-hybridized carbons (Fsp3) is 0. The third-order valence-corrected chi connectivity index (χ3v) is 4.19. The van der Waals surface area contributed by atoms with Crippen molar-refractivity contribution in [1.82, 2.24) is 0 Å². The Bertz CT molecular complexity index is 1080. The van der Waals surface area contributed by atoms with E-state index in [9.17, 15) is 15.2 Å². The maximum absolute atomic E-state index is 12.5. The maximum atomic E-state index is 12.5. The number of carbonyl (C=O) groups excluding carboxylic acids is 1. The van der Waals surface area contributed by atoms with Gasteiger partial charge in [0.05, 0.1) is 0 Å². The standard InChI is InChI=1S/C20H13Cl2N3O2/c21-13-7-14(22)9-15(8-13)24-11-12(10-23)20(27)25-18-5-1-4-17-16(18)3-2-6-19(17)26/h1-9,11,24,26H,(H,25,27)/b12-11-. The summed E-state index contributed by atoms with van der Waals surface area (Å²) in [5.74, 6) is -0.479. The molecule has 27 heavy (non-hydrogen) atoms. The quantitative estimate of drug-likeness (QED) is 0.411. The lowest BCUT2D eigenvalue weighted by Gasteiger charge is -2.09. The molecule has 7 heteroatoms. The summed E-state index contributed by atoms with van der Waals surface area (Å²) in [6.07, 6.45) is 1.28. The molecule has 0 radical (unpaired) electrons. The van der Waals surface area contributed by atoms with Crippen LogP contribution in [0.3, 0.4) is 0 Å². The Hall–Kier alpha value is -3.20. The second kappa shape index (κ2) is 8.00. The number of phenolic OH excluding ortho intramolecular Hbond substituents is 1. The molecule has 3 aromatic rings. The zero-order valence-electron chi connectivity index (χ0n) is 13.8. The summed E-state index contributed by atoms with van der Waals surface area (Å²) in [6, 6.07) is 16.8. The molecule has 0 aliphatic carbocycles. The van der Waals surface area contributed by atoms with Crippen LogP contribution in [0.5, 0.6) is 5.75 Å². The number of nitriles is 1. The van der Waals surface area contributed by atoms with Gasteiger partial charge in [-0.05, 0) is 30.3 Å². The molecule has 0 bridgehead atoms. The molecular formula is C20H13Cl2N3O2. The summed E-state index contributed by atoms with van der Waals surface area (Å²) in [7, 11) is 0. The van der Waals surface area contributed by atoms with Gasteiger partial charge in [0.15, 0.2) is 0 Å². The largest absolute Gasteiger partial charge is 0.507 e. The van der Waals surface area contributed by atoms with Crippen LogP contribution in [-0.4, -0.2) is 11.0 Å². The highest BCUT2D eigenvalue weighted by molar-refractivity contribution is 6.35. The van der Waals surface area contributed by atoms with Crippen molar-refractivity contribution in [1.29, 1.82) is 5.26 Å². The van der Waals surface area contributed by atoms with Gasteiger partial charge in [0.25, 0.3) is 5.91 Å². The number of hydrogen-bond donors (Lipinski definition) is 3. The molecule has 0 saturated heterocycles. The van der Waals surface area contributed by atoms with Crippen LogP contribution in [0, 0.1) is 11.3 Å². The van der Waals surface area contributed by atoms with Crippen LogP contribution in [0.2, 0.25) is 10.0 Å². The summed E-state index contributed by atoms with van der Waals surface area (Å²) in [6.45, 7) is 0. The van der Waals surface area contributed by atoms with Gasteiger partial charge >= 0.3 is 0 Å². The highest BCUT2D eigenvalue weighted by atomic mass is 35.5. The van der Waals surface area contributed by atoms with Gasteiger partial charge in [0.1, 0.15) is 17.4 Å². The zero-order chi connectivity index (χ0) is 19.4. The molecule has 0 unspecified atom stereocenters. The summed E-state index contributed by atoms with van der Waals surface area (Å²) in [5, 5.41) is 26.9. The maximum Gasteiger partial charge on any atom is 0.267 e. The van der Waals surface area contributed by atoms with Gasteiger partial charge in [-0.25, -0.2) is 0 Å². The Labute approximate surface area is 165 Å². The minimum atomic E-state index is -0.589. The smallest absolute Gasteiger partial charge is 0.267 e. The lowest BCUT2D eigenvalue weighted by atomic mass is 10.1. The van der Waals surface area contributed by atoms with Crippen LogP contribution in [0.1, 0.15) is 0 Å². The molecule has 134 valence electrons. The number of amides is 1. The Kier molecular flexibility index (Phi) is 5.51. The van der Waals surface area contributed by atoms with Crippen LogP contribution < -0.4 is 10.6 Å². The van der Waals surface area contributed by atoms with Gasteiger partial charge in [0.2, 0.25) is 0 Å². The number of fused-ring (bicyclic) bond motifs is 1. The van der Waals surface area contributed by atoms with Crippen molar-refractivity contribution in [2.24, 2.45) is 0 Å². The fourth-order valence-corrected chi connectivity index (χ4v) is 3.06. The van der Waals surface area contributed by atoms with E-state index in [0.29, 0.717) is 32.2 Å². The number of hydrogen-bond acceptors (Lipinski definition) is 4. The number of phenols is 1. The average molecular weight is 398 g/mol. The first-order valence-corrected chi connectivity index (χ1v) is 8.58. The van der Waals surface area contributed by atoms with Crippen molar-refractivity contribution in [2.45, 2.75) is 0 Å². The van der Waals surface area contributed by atoms with E-state index in [1.807, 2.05) is 6.07 Å². The van der Waals surface area contributed by atoms with Gasteiger partial charge in [-0.1, -0.05) is 47.5 Å². The predicted octanol–water partition coefficient (Wildman–Crippen LogP) is 5.31. The zero-order valence-corrected chi connectivity index (χ0v) is 15.3. The molecule has 0 aromatic heterocycles. The van der Waals surface area contributed by atoms with Crippen molar-refractivity contribution >= 4 is 51.3 Å². The van der Waals surface area contributed by atoms with Gasteiger partial charge in [-0.15, -0.1) is 0 Å². The first-order valence-electron chi connectivity index (χ1n) is 7.83. The normalized spacial score (nSPS) is 11.1. The SMILES string of the molecule is N#C/C(=C/Nc1cc(Cl)cc(Cl)c1)C(=O)Nc1cccc2c(O)cccc12. The predicted molar refractivity (Wildman–Crippen MR) is 108 cm³/mol. The van der Waals surface area contributed by atoms with E-state index in [4.69, 9.17) is 23.2 Å². The van der Waals surface area contributed by atoms with E-state index in [1.54, 1.807) is 54.6 Å². The second-order valence-corrected chi connectivity index (χ2v) is 6.48. The first-order chi connectivity index (χ1) is 13.0. The Morgan fingerprint density at radius 3 is 2.41 bits per heavy atom. The van der Waals surface area contributed by atoms with Crippen molar-refractivity contribution in [2.75, 3.05) is 10.6 Å². The number of nitrogens with zero attached hydrogens (tertiary/aromatic N) is 1. The van der Waals surface area contributed by atoms with Gasteiger partial charge in [0, 0.05) is 38.4 Å². The van der Waals surface area contributed by atoms with E-state index in [0.717, 1.165) is 0 Å². The summed E-state index contributed by atoms with van der Waals surface area (Å²) >= 11 is 11.9. The van der Waals surface area contributed by atoms with E-state index < -0.39 is 5.91 Å². The van der Waals surface area contributed by atoms with Crippen LogP contribution in [0.4, 0.5) is 11.4 Å². The molecule has 0 atom stereocenters. The molecule has 0 fully saturated rings. The van der Waals surface area contributed by atoms with Crippen molar-refractivity contribution in [3.05, 3.63) is 76.4 Å². The van der Waals surface area contributed by atoms with E-state index in [2.05, 4.69) is 10.6 Å². The van der Waals surface area contributed by atoms with Gasteiger partial charge < -0.3 is 15.7 Å². The number of carbonyl (C=O) groups is 1. The van der Waals surface area contributed by atoms with E-state index in [1.165, 1.54) is 6.20 Å². The minimum Gasteiger partial charge on any atom is -0.507 e. The fourth-order valence-electron chi connectivity index (χ4n) is 2.53. The number of halogens is 2. The Morgan fingerprint density at radius 2 is 1.70 bits per heavy atom. The second-order valence-electron chi connectivity index (χ2n) is 5.60. The molecule has 0 spiro atoms. The number of aromatic hydroxyl groups is 1. The van der Waals surface area contributed by atoms with Crippen LogP contribution in [-0.2, 0) is 4.79 Å². The monoisotopic (exact) mass is 397 g/mol. The van der Waals surface area contributed by atoms with Crippen molar-refractivity contribution < 1.29 is 9.90 Å². The topological polar surface area (TPSA) is 85.2 Å². The molecule has 3 aromatic carbocycles. The van der Waals surface area contributed by atoms with Crippen LogP contribution >= 0.6 is 23.2 Å². The number of nitrogens with one attached hydrogen (secondary N) is 2.